The summed E-state index contributed by atoms with van der Waals surface area (Å²) in [7, 11) is 1.47. The van der Waals surface area contributed by atoms with Crippen LogP contribution in [0.3, 0.4) is 0 Å². The number of hydrogen-bond donors (Lipinski definition) is 2. The van der Waals surface area contributed by atoms with Gasteiger partial charge in [-0.15, -0.1) is 12.6 Å². The number of nitrogens with one attached hydrogen (secondary N) is 1. The van der Waals surface area contributed by atoms with Gasteiger partial charge in [0, 0.05) is 41.7 Å². The van der Waals surface area contributed by atoms with E-state index in [4.69, 9.17) is 4.74 Å². The quantitative estimate of drug-likeness (QED) is 0.354. The molecule has 0 unspecified atom stereocenters. The summed E-state index contributed by atoms with van der Waals surface area (Å²) in [6.45, 7) is 2.84. The van der Waals surface area contributed by atoms with Gasteiger partial charge >= 0.3 is 0 Å². The van der Waals surface area contributed by atoms with Crippen LogP contribution in [0, 0.1) is 17.1 Å². The van der Waals surface area contributed by atoms with Gasteiger partial charge < -0.3 is 14.6 Å². The van der Waals surface area contributed by atoms with Gasteiger partial charge in [-0.25, -0.2) is 14.4 Å². The first-order chi connectivity index (χ1) is 16.4. The van der Waals surface area contributed by atoms with Crippen LogP contribution in [-0.2, 0) is 13.0 Å². The van der Waals surface area contributed by atoms with Crippen LogP contribution in [0.4, 0.5) is 10.2 Å². The molecule has 2 heterocycles. The number of benzene rings is 2. The highest BCUT2D eigenvalue weighted by molar-refractivity contribution is 7.97. The Kier molecular flexibility index (Phi) is 6.80. The number of carbonyl (C=O) groups excluding carboxylic acids is 1. The minimum atomic E-state index is -0.432. The van der Waals surface area contributed by atoms with E-state index >= 15 is 0 Å². The molecule has 0 amide bonds. The Morgan fingerprint density at radius 3 is 2.76 bits per heavy atom. The number of aryl methyl sites for hydroxylation is 1. The van der Waals surface area contributed by atoms with Crippen molar-refractivity contribution in [2.45, 2.75) is 19.9 Å². The van der Waals surface area contributed by atoms with Crippen LogP contribution < -0.4 is 10.1 Å². The fourth-order valence-corrected chi connectivity index (χ4v) is 4.17. The van der Waals surface area contributed by atoms with Crippen molar-refractivity contribution in [3.05, 3.63) is 71.4 Å². The number of rotatable bonds is 8. The fraction of sp³-hybridized carbons (Fsp3) is 0.200. The van der Waals surface area contributed by atoms with E-state index in [1.54, 1.807) is 16.7 Å². The first-order valence-corrected chi connectivity index (χ1v) is 11.1. The number of carbonyl (C=O) groups is 1. The van der Waals surface area contributed by atoms with E-state index < -0.39 is 5.82 Å². The Hall–Kier alpha value is -3.90. The maximum atomic E-state index is 14.1. The fourth-order valence-electron chi connectivity index (χ4n) is 3.96. The topological polar surface area (TPSA) is 92.8 Å². The van der Waals surface area contributed by atoms with Crippen molar-refractivity contribution < 1.29 is 13.9 Å². The van der Waals surface area contributed by atoms with Crippen LogP contribution in [-0.4, -0.2) is 33.3 Å². The van der Waals surface area contributed by atoms with Crippen molar-refractivity contribution in [1.82, 2.24) is 14.5 Å². The van der Waals surface area contributed by atoms with E-state index in [0.717, 1.165) is 11.1 Å². The molecule has 2 aromatic carbocycles. The van der Waals surface area contributed by atoms with Gasteiger partial charge in [-0.05, 0) is 36.2 Å². The third-order valence-electron chi connectivity index (χ3n) is 5.60. The number of nitrogens with zero attached hydrogens (tertiary/aromatic N) is 4. The number of fused-ring (bicyclic) bond motifs is 1. The van der Waals surface area contributed by atoms with Gasteiger partial charge in [0.15, 0.2) is 0 Å². The van der Waals surface area contributed by atoms with Crippen molar-refractivity contribution in [2.24, 2.45) is 0 Å². The van der Waals surface area contributed by atoms with Crippen LogP contribution in [0.15, 0.2) is 48.8 Å². The number of halogens is 1. The second kappa shape index (κ2) is 9.93. The summed E-state index contributed by atoms with van der Waals surface area (Å²) in [5, 5.41) is 13.2. The standard InChI is InChI=1S/C25H22FN5O2S/c1-3-15-8-16(4-5-19(15)25(32)34)21-12-24(30-14-29-21)28-6-7-31-18(13-27)11-20-22(31)9-17(26)10-23(20)33-2/h4-5,8-12,14H,3,6-7H2,1-2H3,(H,32,34)(H,28,29,30). The molecule has 0 saturated heterocycles. The molecule has 4 rings (SSSR count). The van der Waals surface area contributed by atoms with E-state index in [2.05, 4.69) is 34.0 Å². The first kappa shape index (κ1) is 23.3. The molecule has 0 atom stereocenters. The lowest BCUT2D eigenvalue weighted by molar-refractivity contribution is 0.109. The zero-order chi connectivity index (χ0) is 24.2. The molecule has 4 aromatic rings. The summed E-state index contributed by atoms with van der Waals surface area (Å²) in [6.07, 6.45) is 2.16. The third-order valence-corrected chi connectivity index (χ3v) is 5.84. The molecule has 172 valence electrons. The number of thiol groups is 1. The third kappa shape index (κ3) is 4.58. The van der Waals surface area contributed by atoms with Gasteiger partial charge in [-0.3, -0.25) is 4.79 Å². The highest BCUT2D eigenvalue weighted by Crippen LogP contribution is 2.30. The zero-order valence-corrected chi connectivity index (χ0v) is 19.6. The van der Waals surface area contributed by atoms with Crippen molar-refractivity contribution in [2.75, 3.05) is 19.0 Å². The first-order valence-electron chi connectivity index (χ1n) is 10.6. The lowest BCUT2D eigenvalue weighted by Crippen LogP contribution is -2.12. The Balaban J connectivity index is 1.55. The minimum absolute atomic E-state index is 0.264. The van der Waals surface area contributed by atoms with E-state index in [1.807, 2.05) is 25.1 Å². The molecule has 34 heavy (non-hydrogen) atoms. The number of methoxy groups -OCH3 is 1. The van der Waals surface area contributed by atoms with Crippen molar-refractivity contribution >= 4 is 34.5 Å². The molecule has 1 N–H and O–H groups in total. The van der Waals surface area contributed by atoms with Gasteiger partial charge in [0.05, 0.1) is 18.3 Å². The maximum Gasteiger partial charge on any atom is 0.216 e. The van der Waals surface area contributed by atoms with Crippen LogP contribution in [0.1, 0.15) is 28.5 Å². The van der Waals surface area contributed by atoms with Crippen LogP contribution in [0.2, 0.25) is 0 Å². The number of anilines is 1. The highest BCUT2D eigenvalue weighted by atomic mass is 32.1. The Labute approximate surface area is 201 Å². The average molecular weight is 476 g/mol. The second-order valence-corrected chi connectivity index (χ2v) is 7.99. The number of hydrogen-bond acceptors (Lipinski definition) is 6. The van der Waals surface area contributed by atoms with Crippen LogP contribution in [0.5, 0.6) is 5.75 Å². The normalized spacial score (nSPS) is 10.8. The highest BCUT2D eigenvalue weighted by Gasteiger charge is 2.14. The lowest BCUT2D eigenvalue weighted by Gasteiger charge is -2.11. The molecule has 0 aliphatic rings. The van der Waals surface area contributed by atoms with Crippen molar-refractivity contribution in [3.63, 3.8) is 0 Å². The second-order valence-electron chi connectivity index (χ2n) is 7.58. The predicted octanol–water partition coefficient (Wildman–Crippen LogP) is 4.86. The summed E-state index contributed by atoms with van der Waals surface area (Å²) in [6, 6.07) is 13.9. The molecule has 0 aliphatic heterocycles. The summed E-state index contributed by atoms with van der Waals surface area (Å²) >= 11 is 3.94. The monoisotopic (exact) mass is 475 g/mol. The largest absolute Gasteiger partial charge is 0.496 e. The number of aromatic nitrogens is 3. The minimum Gasteiger partial charge on any atom is -0.496 e. The van der Waals surface area contributed by atoms with Gasteiger partial charge in [0.1, 0.15) is 35.5 Å². The zero-order valence-electron chi connectivity index (χ0n) is 18.7. The molecule has 0 fully saturated rings. The molecule has 9 heteroatoms. The Morgan fingerprint density at radius 1 is 1.24 bits per heavy atom. The molecule has 0 spiro atoms. The summed E-state index contributed by atoms with van der Waals surface area (Å²) in [5.41, 5.74) is 4.06. The average Bonchev–Trinajstić information content (AvgIpc) is 3.20. The molecular formula is C25H22FN5O2S. The van der Waals surface area contributed by atoms with Gasteiger partial charge in [0.25, 0.3) is 0 Å². The molecule has 0 saturated carbocycles. The Morgan fingerprint density at radius 2 is 2.06 bits per heavy atom. The van der Waals surface area contributed by atoms with Gasteiger partial charge in [-0.1, -0.05) is 13.0 Å². The summed E-state index contributed by atoms with van der Waals surface area (Å²) < 4.78 is 21.1. The molecular weight excluding hydrogens is 453 g/mol. The molecule has 0 radical (unpaired) electrons. The molecule has 2 aromatic heterocycles. The van der Waals surface area contributed by atoms with Crippen LogP contribution >= 0.6 is 12.6 Å². The number of nitriles is 1. The van der Waals surface area contributed by atoms with Crippen molar-refractivity contribution in [3.8, 4) is 23.1 Å². The van der Waals surface area contributed by atoms with E-state index in [9.17, 15) is 14.4 Å². The number of ether oxygens (including phenoxy) is 1. The van der Waals surface area contributed by atoms with Gasteiger partial charge in [-0.2, -0.15) is 5.26 Å². The SMILES string of the molecule is CCc1cc(-c2cc(NCCn3c(C#N)cc4c(OC)cc(F)cc43)ncn2)ccc1C(=O)S. The molecule has 0 bridgehead atoms. The smallest absolute Gasteiger partial charge is 0.216 e. The van der Waals surface area contributed by atoms with E-state index in [1.165, 1.54) is 25.6 Å². The summed E-state index contributed by atoms with van der Waals surface area (Å²) in [5.74, 6) is 0.561. The lowest BCUT2D eigenvalue weighted by atomic mass is 10.0. The van der Waals surface area contributed by atoms with Crippen LogP contribution in [0.25, 0.3) is 22.2 Å². The van der Waals surface area contributed by atoms with E-state index in [0.29, 0.717) is 58.9 Å². The molecule has 0 aliphatic carbocycles. The summed E-state index contributed by atoms with van der Waals surface area (Å²) in [4.78, 5) is 20.3. The van der Waals surface area contributed by atoms with Gasteiger partial charge in [0.2, 0.25) is 5.12 Å². The Bertz CT molecular complexity index is 1430. The maximum absolute atomic E-state index is 14.1. The van der Waals surface area contributed by atoms with Crippen molar-refractivity contribution in [1.29, 1.82) is 5.26 Å². The predicted molar refractivity (Wildman–Crippen MR) is 132 cm³/mol. The van der Waals surface area contributed by atoms with E-state index in [-0.39, 0.29) is 5.12 Å². The molecule has 7 nitrogen and oxygen atoms in total.